The minimum Gasteiger partial charge on any atom is -0.347 e. The SMILES string of the molecule is Cn1c(CCCCN)c(Br)c2ccccc21. The second kappa shape index (κ2) is 5.02. The molecule has 16 heavy (non-hydrogen) atoms. The van der Waals surface area contributed by atoms with Gasteiger partial charge < -0.3 is 10.3 Å². The van der Waals surface area contributed by atoms with Crippen molar-refractivity contribution in [1.29, 1.82) is 0 Å². The molecule has 0 unspecified atom stereocenters. The van der Waals surface area contributed by atoms with Gasteiger partial charge in [-0.1, -0.05) is 18.2 Å². The number of hydrogen-bond acceptors (Lipinski definition) is 1. The van der Waals surface area contributed by atoms with Crippen LogP contribution in [0.2, 0.25) is 0 Å². The molecule has 86 valence electrons. The minimum atomic E-state index is 0.779. The van der Waals surface area contributed by atoms with E-state index in [1.54, 1.807) is 0 Å². The Hall–Kier alpha value is -0.800. The van der Waals surface area contributed by atoms with Crippen LogP contribution in [0.3, 0.4) is 0 Å². The quantitative estimate of drug-likeness (QED) is 0.857. The molecule has 0 aliphatic heterocycles. The lowest BCUT2D eigenvalue weighted by molar-refractivity contribution is 0.708. The Kier molecular flexibility index (Phi) is 3.66. The van der Waals surface area contributed by atoms with Gasteiger partial charge in [0.1, 0.15) is 0 Å². The summed E-state index contributed by atoms with van der Waals surface area (Å²) >= 11 is 3.70. The van der Waals surface area contributed by atoms with Gasteiger partial charge in [0.15, 0.2) is 0 Å². The van der Waals surface area contributed by atoms with Gasteiger partial charge in [0.25, 0.3) is 0 Å². The Labute approximate surface area is 105 Å². The third-order valence-electron chi connectivity index (χ3n) is 3.03. The number of fused-ring (bicyclic) bond motifs is 1. The highest BCUT2D eigenvalue weighted by atomic mass is 79.9. The summed E-state index contributed by atoms with van der Waals surface area (Å²) in [6, 6.07) is 8.48. The molecule has 0 radical (unpaired) electrons. The lowest BCUT2D eigenvalue weighted by Gasteiger charge is -2.04. The molecular weight excluding hydrogens is 264 g/mol. The summed E-state index contributed by atoms with van der Waals surface area (Å²) in [7, 11) is 2.13. The number of halogens is 1. The van der Waals surface area contributed by atoms with Gasteiger partial charge in [-0.05, 0) is 47.8 Å². The van der Waals surface area contributed by atoms with Gasteiger partial charge in [-0.15, -0.1) is 0 Å². The zero-order valence-corrected chi connectivity index (χ0v) is 11.1. The number of benzene rings is 1. The van der Waals surface area contributed by atoms with Gasteiger partial charge in [0.2, 0.25) is 0 Å². The van der Waals surface area contributed by atoms with Gasteiger partial charge in [0, 0.05) is 28.1 Å². The Morgan fingerprint density at radius 1 is 1.25 bits per heavy atom. The van der Waals surface area contributed by atoms with Crippen molar-refractivity contribution in [1.82, 2.24) is 4.57 Å². The van der Waals surface area contributed by atoms with E-state index in [4.69, 9.17) is 5.73 Å². The van der Waals surface area contributed by atoms with Crippen LogP contribution in [-0.2, 0) is 13.5 Å². The Morgan fingerprint density at radius 3 is 2.69 bits per heavy atom. The maximum Gasteiger partial charge on any atom is 0.0491 e. The normalized spacial score (nSPS) is 11.2. The molecule has 2 nitrogen and oxygen atoms in total. The molecule has 0 bridgehead atoms. The van der Waals surface area contributed by atoms with Crippen LogP contribution in [-0.4, -0.2) is 11.1 Å². The number of aryl methyl sites for hydroxylation is 1. The van der Waals surface area contributed by atoms with Gasteiger partial charge in [-0.2, -0.15) is 0 Å². The maximum absolute atomic E-state index is 5.53. The topological polar surface area (TPSA) is 30.9 Å². The lowest BCUT2D eigenvalue weighted by atomic mass is 10.2. The molecule has 2 N–H and O–H groups in total. The highest BCUT2D eigenvalue weighted by molar-refractivity contribution is 9.10. The molecule has 1 heterocycles. The number of para-hydroxylation sites is 1. The average Bonchev–Trinajstić information content (AvgIpc) is 2.55. The summed E-state index contributed by atoms with van der Waals surface area (Å²) < 4.78 is 3.51. The molecule has 0 amide bonds. The molecule has 0 saturated heterocycles. The Balaban J connectivity index is 2.37. The van der Waals surface area contributed by atoms with E-state index in [0.717, 1.165) is 25.8 Å². The summed E-state index contributed by atoms with van der Waals surface area (Å²) in [4.78, 5) is 0. The van der Waals surface area contributed by atoms with E-state index in [1.165, 1.54) is 21.1 Å². The van der Waals surface area contributed by atoms with E-state index in [-0.39, 0.29) is 0 Å². The second-order valence-corrected chi connectivity index (χ2v) is 4.88. The first-order valence-electron chi connectivity index (χ1n) is 5.67. The first-order valence-corrected chi connectivity index (χ1v) is 6.47. The predicted molar refractivity (Wildman–Crippen MR) is 72.6 cm³/mol. The summed E-state index contributed by atoms with van der Waals surface area (Å²) in [5.41, 5.74) is 8.18. The third-order valence-corrected chi connectivity index (χ3v) is 3.91. The van der Waals surface area contributed by atoms with Crippen molar-refractivity contribution >= 4 is 26.8 Å². The molecule has 0 spiro atoms. The zero-order valence-electron chi connectivity index (χ0n) is 9.54. The third kappa shape index (κ3) is 2.02. The largest absolute Gasteiger partial charge is 0.347 e. The molecule has 0 aliphatic rings. The number of aromatic nitrogens is 1. The number of rotatable bonds is 4. The molecule has 1 aromatic heterocycles. The van der Waals surface area contributed by atoms with Gasteiger partial charge in [-0.3, -0.25) is 0 Å². The summed E-state index contributed by atoms with van der Waals surface area (Å²) in [6.07, 6.45) is 3.33. The average molecular weight is 281 g/mol. The fraction of sp³-hybridized carbons (Fsp3) is 0.385. The van der Waals surface area contributed by atoms with Crippen molar-refractivity contribution in [2.24, 2.45) is 12.8 Å². The number of nitrogens with two attached hydrogens (primary N) is 1. The van der Waals surface area contributed by atoms with E-state index in [9.17, 15) is 0 Å². The first-order chi connectivity index (χ1) is 7.75. The van der Waals surface area contributed by atoms with Crippen molar-refractivity contribution in [2.75, 3.05) is 6.54 Å². The molecule has 0 saturated carbocycles. The molecule has 3 heteroatoms. The van der Waals surface area contributed by atoms with Gasteiger partial charge in [-0.25, -0.2) is 0 Å². The van der Waals surface area contributed by atoms with Crippen LogP contribution in [0.15, 0.2) is 28.7 Å². The fourth-order valence-electron chi connectivity index (χ4n) is 2.11. The van der Waals surface area contributed by atoms with Crippen LogP contribution in [0.4, 0.5) is 0 Å². The second-order valence-electron chi connectivity index (χ2n) is 4.08. The monoisotopic (exact) mass is 280 g/mol. The zero-order chi connectivity index (χ0) is 11.5. The van der Waals surface area contributed by atoms with E-state index >= 15 is 0 Å². The number of hydrogen-bond donors (Lipinski definition) is 1. The smallest absolute Gasteiger partial charge is 0.0491 e. The molecule has 0 atom stereocenters. The van der Waals surface area contributed by atoms with Crippen LogP contribution in [0.5, 0.6) is 0 Å². The van der Waals surface area contributed by atoms with E-state index in [1.807, 2.05) is 0 Å². The number of nitrogens with zero attached hydrogens (tertiary/aromatic N) is 1. The Bertz CT molecular complexity index is 449. The molecule has 2 aromatic rings. The fourth-order valence-corrected chi connectivity index (χ4v) is 2.91. The van der Waals surface area contributed by atoms with Crippen LogP contribution >= 0.6 is 15.9 Å². The standard InChI is InChI=1S/C13H17BrN2/c1-16-11-7-3-2-6-10(11)13(14)12(16)8-4-5-9-15/h2-3,6-7H,4-5,8-9,15H2,1H3. The van der Waals surface area contributed by atoms with Crippen molar-refractivity contribution in [2.45, 2.75) is 19.3 Å². The van der Waals surface area contributed by atoms with Crippen LogP contribution in [0.1, 0.15) is 18.5 Å². The van der Waals surface area contributed by atoms with E-state index < -0.39 is 0 Å². The van der Waals surface area contributed by atoms with Gasteiger partial charge in [0.05, 0.1) is 0 Å². The molecule has 0 aliphatic carbocycles. The van der Waals surface area contributed by atoms with Crippen molar-refractivity contribution in [3.05, 3.63) is 34.4 Å². The van der Waals surface area contributed by atoms with Gasteiger partial charge >= 0.3 is 0 Å². The highest BCUT2D eigenvalue weighted by Gasteiger charge is 2.11. The van der Waals surface area contributed by atoms with Crippen molar-refractivity contribution in [3.63, 3.8) is 0 Å². The summed E-state index contributed by atoms with van der Waals surface area (Å²) in [5, 5.41) is 1.30. The lowest BCUT2D eigenvalue weighted by Crippen LogP contribution is -2.01. The van der Waals surface area contributed by atoms with Crippen LogP contribution in [0, 0.1) is 0 Å². The van der Waals surface area contributed by atoms with E-state index in [2.05, 4.69) is 51.8 Å². The molecule has 2 rings (SSSR count). The summed E-state index contributed by atoms with van der Waals surface area (Å²) in [5.74, 6) is 0. The van der Waals surface area contributed by atoms with Crippen LogP contribution in [0.25, 0.3) is 10.9 Å². The van der Waals surface area contributed by atoms with E-state index in [0.29, 0.717) is 0 Å². The summed E-state index contributed by atoms with van der Waals surface area (Å²) in [6.45, 7) is 0.779. The van der Waals surface area contributed by atoms with Crippen molar-refractivity contribution < 1.29 is 0 Å². The molecule has 0 fully saturated rings. The predicted octanol–water partition coefficient (Wildman–Crippen LogP) is 3.22. The first kappa shape index (κ1) is 11.7. The molecular formula is C13H17BrN2. The maximum atomic E-state index is 5.53. The number of unbranched alkanes of at least 4 members (excludes halogenated alkanes) is 1. The van der Waals surface area contributed by atoms with Crippen LogP contribution < -0.4 is 5.73 Å². The Morgan fingerprint density at radius 2 is 2.00 bits per heavy atom. The highest BCUT2D eigenvalue weighted by Crippen LogP contribution is 2.30. The molecule has 1 aromatic carbocycles. The van der Waals surface area contributed by atoms with Crippen molar-refractivity contribution in [3.8, 4) is 0 Å². The minimum absolute atomic E-state index is 0.779.